The summed E-state index contributed by atoms with van der Waals surface area (Å²) >= 11 is 0. The fraction of sp³-hybridized carbons (Fsp3) is 0.467. The number of carboxylic acids is 1. The van der Waals surface area contributed by atoms with Gasteiger partial charge < -0.3 is 14.7 Å². The minimum atomic E-state index is -1.17. The van der Waals surface area contributed by atoms with Crippen LogP contribution in [0.5, 0.6) is 0 Å². The second-order valence-electron chi connectivity index (χ2n) is 12.2. The second kappa shape index (κ2) is 10.1. The van der Waals surface area contributed by atoms with Gasteiger partial charge in [-0.25, -0.2) is 9.78 Å². The molecule has 3 aromatic heterocycles. The topological polar surface area (TPSA) is 97.8 Å². The van der Waals surface area contributed by atoms with E-state index in [0.29, 0.717) is 23.4 Å². The van der Waals surface area contributed by atoms with Gasteiger partial charge in [-0.3, -0.25) is 4.68 Å². The van der Waals surface area contributed by atoms with Gasteiger partial charge in [-0.15, -0.1) is 0 Å². The quantitative estimate of drug-likeness (QED) is 0.336. The summed E-state index contributed by atoms with van der Waals surface area (Å²) in [4.78, 5) is 19.6. The van der Waals surface area contributed by atoms with Crippen molar-refractivity contribution in [1.82, 2.24) is 24.4 Å². The summed E-state index contributed by atoms with van der Waals surface area (Å²) in [6, 6.07) is 12.1. The standard InChI is InChI=1S/C30H38N6O3/c1-20-25(26(28(37)38)39-29(2,3)4)27(34-14-12-30(5,6)13-15-34)36-24(32-20)16-23(33-36)22-17-31-35(19-22)18-21-10-8-7-9-11-21/h7-11,16-17,19,26H,12-15,18H2,1-6H3,(H,37,38). The summed E-state index contributed by atoms with van der Waals surface area (Å²) in [5.41, 5.74) is 4.20. The Balaban J connectivity index is 1.61. The highest BCUT2D eigenvalue weighted by molar-refractivity contribution is 5.79. The highest BCUT2D eigenvalue weighted by atomic mass is 16.5. The lowest BCUT2D eigenvalue weighted by atomic mass is 9.82. The van der Waals surface area contributed by atoms with Gasteiger partial charge in [0.2, 0.25) is 0 Å². The highest BCUT2D eigenvalue weighted by Gasteiger charge is 2.36. The number of aromatic nitrogens is 5. The number of carbonyl (C=O) groups is 1. The Morgan fingerprint density at radius 3 is 2.49 bits per heavy atom. The number of anilines is 1. The third-order valence-corrected chi connectivity index (χ3v) is 7.29. The molecule has 1 N–H and O–H groups in total. The van der Waals surface area contributed by atoms with Crippen LogP contribution < -0.4 is 4.90 Å². The predicted molar refractivity (Wildman–Crippen MR) is 151 cm³/mol. The SMILES string of the molecule is Cc1nc2cc(-c3cnn(Cc4ccccc4)c3)nn2c(N2CCC(C)(C)CC2)c1C(OC(C)(C)C)C(=O)O. The molecule has 206 valence electrons. The summed E-state index contributed by atoms with van der Waals surface area (Å²) < 4.78 is 9.81. The maximum Gasteiger partial charge on any atom is 0.337 e. The number of fused-ring (bicyclic) bond motifs is 1. The molecule has 0 saturated carbocycles. The van der Waals surface area contributed by atoms with Crippen molar-refractivity contribution in [3.8, 4) is 11.3 Å². The van der Waals surface area contributed by atoms with Gasteiger partial charge in [-0.2, -0.15) is 14.7 Å². The smallest absolute Gasteiger partial charge is 0.337 e. The second-order valence-corrected chi connectivity index (χ2v) is 12.2. The number of carboxylic acid groups (broad SMARTS) is 1. The van der Waals surface area contributed by atoms with Gasteiger partial charge in [-0.05, 0) is 51.5 Å². The van der Waals surface area contributed by atoms with Crippen molar-refractivity contribution in [3.63, 3.8) is 0 Å². The molecule has 4 aromatic rings. The van der Waals surface area contributed by atoms with E-state index in [4.69, 9.17) is 14.8 Å². The molecule has 0 radical (unpaired) electrons. The zero-order valence-corrected chi connectivity index (χ0v) is 23.7. The lowest BCUT2D eigenvalue weighted by molar-refractivity contribution is -0.160. The average molecular weight is 531 g/mol. The number of aliphatic carboxylic acids is 1. The molecule has 39 heavy (non-hydrogen) atoms. The van der Waals surface area contributed by atoms with E-state index in [1.54, 1.807) is 4.52 Å². The Morgan fingerprint density at radius 2 is 1.85 bits per heavy atom. The molecule has 1 aromatic carbocycles. The molecule has 0 bridgehead atoms. The molecule has 1 atom stereocenters. The third-order valence-electron chi connectivity index (χ3n) is 7.29. The Labute approximate surface area is 229 Å². The first-order valence-corrected chi connectivity index (χ1v) is 13.5. The van der Waals surface area contributed by atoms with E-state index in [0.717, 1.165) is 48.6 Å². The number of piperidine rings is 1. The van der Waals surface area contributed by atoms with Crippen molar-refractivity contribution < 1.29 is 14.6 Å². The minimum absolute atomic E-state index is 0.231. The largest absolute Gasteiger partial charge is 0.479 e. The zero-order valence-electron chi connectivity index (χ0n) is 23.7. The van der Waals surface area contributed by atoms with Gasteiger partial charge >= 0.3 is 5.97 Å². The zero-order chi connectivity index (χ0) is 27.9. The van der Waals surface area contributed by atoms with Gasteiger partial charge in [0.05, 0.1) is 29.6 Å². The van der Waals surface area contributed by atoms with E-state index in [9.17, 15) is 9.90 Å². The molecule has 1 aliphatic heterocycles. The molecule has 9 heteroatoms. The van der Waals surface area contributed by atoms with Crippen LogP contribution in [0, 0.1) is 12.3 Å². The first-order valence-electron chi connectivity index (χ1n) is 13.5. The Morgan fingerprint density at radius 1 is 1.15 bits per heavy atom. The van der Waals surface area contributed by atoms with Gasteiger partial charge in [0.25, 0.3) is 0 Å². The van der Waals surface area contributed by atoms with Crippen LogP contribution in [-0.2, 0) is 16.1 Å². The number of ether oxygens (including phenoxy) is 1. The van der Waals surface area contributed by atoms with E-state index in [1.165, 1.54) is 0 Å². The first-order chi connectivity index (χ1) is 18.4. The van der Waals surface area contributed by atoms with E-state index in [-0.39, 0.29) is 5.41 Å². The van der Waals surface area contributed by atoms with Crippen LogP contribution in [0.4, 0.5) is 5.82 Å². The molecule has 0 spiro atoms. The van der Waals surface area contributed by atoms with E-state index in [1.807, 2.05) is 69.0 Å². The number of aryl methyl sites for hydroxylation is 1. The molecule has 1 aliphatic rings. The van der Waals surface area contributed by atoms with Gasteiger partial charge in [-0.1, -0.05) is 44.2 Å². The maximum absolute atomic E-state index is 12.6. The fourth-order valence-corrected chi connectivity index (χ4v) is 5.13. The number of benzene rings is 1. The Hall–Kier alpha value is -3.72. The fourth-order valence-electron chi connectivity index (χ4n) is 5.13. The van der Waals surface area contributed by atoms with Crippen LogP contribution in [0.15, 0.2) is 48.8 Å². The van der Waals surface area contributed by atoms with E-state index in [2.05, 4.69) is 36.0 Å². The summed E-state index contributed by atoms with van der Waals surface area (Å²) in [6.07, 6.45) is 4.60. The van der Waals surface area contributed by atoms with Gasteiger partial charge in [0.15, 0.2) is 11.8 Å². The normalized spacial score (nSPS) is 16.5. The maximum atomic E-state index is 12.6. The molecular weight excluding hydrogens is 492 g/mol. The van der Waals surface area contributed by atoms with Crippen LogP contribution in [-0.4, -0.2) is 54.1 Å². The first kappa shape index (κ1) is 26.9. The van der Waals surface area contributed by atoms with Crippen molar-refractivity contribution in [3.05, 3.63) is 65.6 Å². The summed E-state index contributed by atoms with van der Waals surface area (Å²) in [5.74, 6) is -0.296. The van der Waals surface area contributed by atoms with Crippen LogP contribution in [0.1, 0.15) is 70.4 Å². The average Bonchev–Trinajstić information content (AvgIpc) is 3.49. The van der Waals surface area contributed by atoms with Crippen molar-refractivity contribution in [2.75, 3.05) is 18.0 Å². The lowest BCUT2D eigenvalue weighted by Crippen LogP contribution is -2.40. The van der Waals surface area contributed by atoms with Crippen molar-refractivity contribution in [1.29, 1.82) is 0 Å². The third kappa shape index (κ3) is 5.83. The number of hydrogen-bond acceptors (Lipinski definition) is 6. The van der Waals surface area contributed by atoms with Crippen LogP contribution in [0.2, 0.25) is 0 Å². The summed E-state index contributed by atoms with van der Waals surface area (Å²) in [6.45, 7) is 14.3. The number of nitrogens with zero attached hydrogens (tertiary/aromatic N) is 6. The Bertz CT molecular complexity index is 1470. The molecule has 1 fully saturated rings. The predicted octanol–water partition coefficient (Wildman–Crippen LogP) is 5.52. The summed E-state index contributed by atoms with van der Waals surface area (Å²) in [7, 11) is 0. The van der Waals surface area contributed by atoms with Gasteiger partial charge in [0.1, 0.15) is 5.82 Å². The van der Waals surface area contributed by atoms with Crippen molar-refractivity contribution >= 4 is 17.4 Å². The number of rotatable bonds is 7. The molecule has 0 aliphatic carbocycles. The molecule has 0 amide bonds. The molecule has 5 rings (SSSR count). The van der Waals surface area contributed by atoms with E-state index >= 15 is 0 Å². The highest BCUT2D eigenvalue weighted by Crippen LogP contribution is 2.39. The van der Waals surface area contributed by atoms with Crippen LogP contribution in [0.3, 0.4) is 0 Å². The van der Waals surface area contributed by atoms with Crippen LogP contribution in [0.25, 0.3) is 16.9 Å². The van der Waals surface area contributed by atoms with Crippen LogP contribution >= 0.6 is 0 Å². The molecule has 9 nitrogen and oxygen atoms in total. The molecular formula is C30H38N6O3. The minimum Gasteiger partial charge on any atom is -0.479 e. The van der Waals surface area contributed by atoms with Gasteiger partial charge in [0, 0.05) is 36.6 Å². The molecule has 4 heterocycles. The Kier molecular flexibility index (Phi) is 6.97. The monoisotopic (exact) mass is 530 g/mol. The molecule has 1 unspecified atom stereocenters. The van der Waals surface area contributed by atoms with Crippen molar-refractivity contribution in [2.45, 2.75) is 72.6 Å². The summed E-state index contributed by atoms with van der Waals surface area (Å²) in [5, 5.41) is 19.8. The van der Waals surface area contributed by atoms with Crippen molar-refractivity contribution in [2.24, 2.45) is 5.41 Å². The van der Waals surface area contributed by atoms with E-state index < -0.39 is 17.7 Å². The lowest BCUT2D eigenvalue weighted by Gasteiger charge is -2.39. The molecule has 1 saturated heterocycles. The number of hydrogen-bond donors (Lipinski definition) is 1.